The van der Waals surface area contributed by atoms with Gasteiger partial charge >= 0.3 is 0 Å². The third-order valence-electron chi connectivity index (χ3n) is 0.884. The van der Waals surface area contributed by atoms with Crippen LogP contribution in [0.5, 0.6) is 0 Å². The molecule has 0 saturated carbocycles. The first-order valence-corrected chi connectivity index (χ1v) is 3.35. The molecule has 0 amide bonds. The maximum Gasteiger partial charge on any atom is 0.0223 e. The van der Waals surface area contributed by atoms with Crippen LogP contribution in [0.4, 0.5) is 0 Å². The van der Waals surface area contributed by atoms with Crippen molar-refractivity contribution in [2.24, 2.45) is 0 Å². The van der Waals surface area contributed by atoms with Crippen LogP contribution in [0.15, 0.2) is 0 Å². The Morgan fingerprint density at radius 3 is 2.50 bits per heavy atom. The molecule has 0 spiro atoms. The van der Waals surface area contributed by atoms with Crippen LogP contribution in [0.3, 0.4) is 0 Å². The summed E-state index contributed by atoms with van der Waals surface area (Å²) in [7, 11) is 0. The molecule has 1 heteroatoms. The Morgan fingerprint density at radius 2 is 2.12 bits per heavy atom. The van der Waals surface area contributed by atoms with Crippen LogP contribution in [0.2, 0.25) is 0 Å². The lowest BCUT2D eigenvalue weighted by molar-refractivity contribution is 0.630. The van der Waals surface area contributed by atoms with Gasteiger partial charge in [0.2, 0.25) is 0 Å². The van der Waals surface area contributed by atoms with E-state index in [2.05, 4.69) is 32.6 Å². The summed E-state index contributed by atoms with van der Waals surface area (Å²) in [6.07, 6.45) is 2.41. The average Bonchev–Trinajstić information content (AvgIpc) is 1.66. The molecule has 0 aromatic rings. The number of hydrogen-bond donors (Lipinski definition) is 1. The van der Waals surface area contributed by atoms with Crippen molar-refractivity contribution < 1.29 is 0 Å². The van der Waals surface area contributed by atoms with Crippen molar-refractivity contribution in [3.05, 3.63) is 6.54 Å². The molecule has 0 aliphatic carbocycles. The molecule has 0 aromatic heterocycles. The highest BCUT2D eigenvalue weighted by Crippen LogP contribution is 1.89. The standard InChI is InChI=1S/C7H16N/c1-4-5-6-8-7(2)3/h6-8H,4-5H2,1-3H3. The zero-order valence-corrected chi connectivity index (χ0v) is 6.07. The molecule has 49 valence electrons. The monoisotopic (exact) mass is 114 g/mol. The van der Waals surface area contributed by atoms with Gasteiger partial charge in [0.05, 0.1) is 0 Å². The molecule has 0 heterocycles. The number of unbranched alkanes of at least 4 members (excludes halogenated alkanes) is 1. The minimum absolute atomic E-state index is 0.599. The Kier molecular flexibility index (Phi) is 5.08. The van der Waals surface area contributed by atoms with Gasteiger partial charge < -0.3 is 5.32 Å². The average molecular weight is 114 g/mol. The molecule has 0 bridgehead atoms. The van der Waals surface area contributed by atoms with Gasteiger partial charge in [0, 0.05) is 12.6 Å². The Balaban J connectivity index is 2.72. The van der Waals surface area contributed by atoms with E-state index in [1.807, 2.05) is 0 Å². The van der Waals surface area contributed by atoms with Crippen molar-refractivity contribution in [3.63, 3.8) is 0 Å². The highest BCUT2D eigenvalue weighted by molar-refractivity contribution is 4.63. The summed E-state index contributed by atoms with van der Waals surface area (Å²) in [6, 6.07) is 0.599. The molecule has 0 fully saturated rings. The van der Waals surface area contributed by atoms with Crippen molar-refractivity contribution in [2.45, 2.75) is 39.7 Å². The van der Waals surface area contributed by atoms with E-state index >= 15 is 0 Å². The summed E-state index contributed by atoms with van der Waals surface area (Å²) < 4.78 is 0. The molecule has 1 N–H and O–H groups in total. The summed E-state index contributed by atoms with van der Waals surface area (Å²) in [5.74, 6) is 0. The number of nitrogens with one attached hydrogen (secondary N) is 1. The van der Waals surface area contributed by atoms with E-state index in [1.54, 1.807) is 0 Å². The Labute approximate surface area is 52.5 Å². The molecule has 0 aliphatic heterocycles. The van der Waals surface area contributed by atoms with Gasteiger partial charge in [0.1, 0.15) is 0 Å². The fourth-order valence-corrected chi connectivity index (χ4v) is 0.463. The van der Waals surface area contributed by atoms with Crippen LogP contribution in [0.1, 0.15) is 33.6 Å². The lowest BCUT2D eigenvalue weighted by Gasteiger charge is -2.04. The molecule has 0 aromatic carbocycles. The second-order valence-electron chi connectivity index (χ2n) is 2.31. The third-order valence-corrected chi connectivity index (χ3v) is 0.884. The molecular formula is C7H16N. The van der Waals surface area contributed by atoms with Crippen molar-refractivity contribution in [1.82, 2.24) is 5.32 Å². The Hall–Kier alpha value is -0.0400. The number of rotatable bonds is 4. The summed E-state index contributed by atoms with van der Waals surface area (Å²) in [6.45, 7) is 8.60. The van der Waals surface area contributed by atoms with Gasteiger partial charge in [0.15, 0.2) is 0 Å². The SMILES string of the molecule is CCC[CH]NC(C)C. The van der Waals surface area contributed by atoms with Crippen LogP contribution >= 0.6 is 0 Å². The second kappa shape index (κ2) is 5.10. The summed E-state index contributed by atoms with van der Waals surface area (Å²) >= 11 is 0. The Bertz CT molecular complexity index is 41.7. The van der Waals surface area contributed by atoms with E-state index in [1.165, 1.54) is 12.8 Å². The van der Waals surface area contributed by atoms with Gasteiger partial charge in [-0.1, -0.05) is 27.2 Å². The van der Waals surface area contributed by atoms with E-state index < -0.39 is 0 Å². The molecule has 0 atom stereocenters. The van der Waals surface area contributed by atoms with Crippen LogP contribution in [0, 0.1) is 6.54 Å². The lowest BCUT2D eigenvalue weighted by atomic mass is 10.3. The van der Waals surface area contributed by atoms with Crippen LogP contribution in [0.25, 0.3) is 0 Å². The van der Waals surface area contributed by atoms with Crippen LogP contribution < -0.4 is 5.32 Å². The summed E-state index contributed by atoms with van der Waals surface area (Å²) in [5, 5.41) is 3.22. The van der Waals surface area contributed by atoms with Crippen molar-refractivity contribution in [3.8, 4) is 0 Å². The largest absolute Gasteiger partial charge is 0.310 e. The predicted molar refractivity (Wildman–Crippen MR) is 37.5 cm³/mol. The van der Waals surface area contributed by atoms with Gasteiger partial charge in [-0.15, -0.1) is 0 Å². The molecular weight excluding hydrogens is 98.1 g/mol. The van der Waals surface area contributed by atoms with Gasteiger partial charge in [-0.05, 0) is 6.42 Å². The van der Waals surface area contributed by atoms with Crippen LogP contribution in [-0.2, 0) is 0 Å². The Morgan fingerprint density at radius 1 is 1.50 bits per heavy atom. The molecule has 1 radical (unpaired) electrons. The second-order valence-corrected chi connectivity index (χ2v) is 2.31. The van der Waals surface area contributed by atoms with Gasteiger partial charge in [0.25, 0.3) is 0 Å². The summed E-state index contributed by atoms with van der Waals surface area (Å²) in [4.78, 5) is 0. The molecule has 0 unspecified atom stereocenters. The van der Waals surface area contributed by atoms with Gasteiger partial charge in [-0.25, -0.2) is 0 Å². The molecule has 0 rings (SSSR count). The van der Waals surface area contributed by atoms with E-state index in [0.29, 0.717) is 6.04 Å². The van der Waals surface area contributed by atoms with E-state index in [0.717, 1.165) is 0 Å². The summed E-state index contributed by atoms with van der Waals surface area (Å²) in [5.41, 5.74) is 0. The predicted octanol–water partition coefficient (Wildman–Crippen LogP) is 1.95. The van der Waals surface area contributed by atoms with Gasteiger partial charge in [-0.3, -0.25) is 0 Å². The van der Waals surface area contributed by atoms with E-state index in [9.17, 15) is 0 Å². The van der Waals surface area contributed by atoms with Crippen molar-refractivity contribution in [2.75, 3.05) is 0 Å². The number of hydrogen-bond acceptors (Lipinski definition) is 1. The molecule has 0 saturated heterocycles. The fourth-order valence-electron chi connectivity index (χ4n) is 0.463. The minimum atomic E-state index is 0.599. The molecule has 0 aliphatic rings. The quantitative estimate of drug-likeness (QED) is 0.551. The minimum Gasteiger partial charge on any atom is -0.310 e. The van der Waals surface area contributed by atoms with Crippen LogP contribution in [-0.4, -0.2) is 6.04 Å². The maximum atomic E-state index is 3.22. The third kappa shape index (κ3) is 5.96. The topological polar surface area (TPSA) is 12.0 Å². The van der Waals surface area contributed by atoms with Crippen molar-refractivity contribution in [1.29, 1.82) is 0 Å². The van der Waals surface area contributed by atoms with Crippen molar-refractivity contribution >= 4 is 0 Å². The van der Waals surface area contributed by atoms with Gasteiger partial charge in [-0.2, -0.15) is 0 Å². The first kappa shape index (κ1) is 7.96. The molecule has 1 nitrogen and oxygen atoms in total. The zero-order chi connectivity index (χ0) is 6.41. The molecule has 8 heavy (non-hydrogen) atoms. The lowest BCUT2D eigenvalue weighted by Crippen LogP contribution is -2.18. The zero-order valence-electron chi connectivity index (χ0n) is 6.07. The first-order chi connectivity index (χ1) is 3.77. The smallest absolute Gasteiger partial charge is 0.0223 e. The highest BCUT2D eigenvalue weighted by Gasteiger charge is 1.88. The fraction of sp³-hybridized carbons (Fsp3) is 0.857. The van der Waals surface area contributed by atoms with E-state index in [4.69, 9.17) is 0 Å². The normalized spacial score (nSPS) is 10.5. The highest BCUT2D eigenvalue weighted by atomic mass is 14.9. The maximum absolute atomic E-state index is 3.22. The first-order valence-electron chi connectivity index (χ1n) is 3.35. The van der Waals surface area contributed by atoms with E-state index in [-0.39, 0.29) is 0 Å².